The van der Waals surface area contributed by atoms with E-state index in [-0.39, 0.29) is 5.41 Å². The van der Waals surface area contributed by atoms with Crippen molar-refractivity contribution in [3.8, 4) is 5.75 Å². The van der Waals surface area contributed by atoms with Crippen molar-refractivity contribution in [2.75, 3.05) is 0 Å². The fraction of sp³-hybridized carbons (Fsp3) is 0.417. The first-order valence-electron chi connectivity index (χ1n) is 4.93. The molecule has 0 unspecified atom stereocenters. The molecular weight excluding hydrogens is 227 g/mol. The molecule has 15 heavy (non-hydrogen) atoms. The average molecular weight is 244 g/mol. The molecule has 0 radical (unpaired) electrons. The summed E-state index contributed by atoms with van der Waals surface area (Å²) in [5.74, 6) is 0.618. The first kappa shape index (κ1) is 12.6. The van der Waals surface area contributed by atoms with E-state index in [4.69, 9.17) is 3.32 Å². The Balaban J connectivity index is 3.11. The van der Waals surface area contributed by atoms with Gasteiger partial charge >= 0.3 is 97.7 Å². The molecule has 1 rings (SSSR count). The van der Waals surface area contributed by atoms with Gasteiger partial charge in [0.05, 0.1) is 0 Å². The maximum atomic E-state index is 12.8. The summed E-state index contributed by atoms with van der Waals surface area (Å²) in [5.41, 5.74) is 2.32. The van der Waals surface area contributed by atoms with E-state index in [0.717, 1.165) is 11.1 Å². The predicted molar refractivity (Wildman–Crippen MR) is 58.7 cm³/mol. The first-order valence-corrected chi connectivity index (χ1v) is 7.26. The molecular formula is C12H17FOTi. The van der Waals surface area contributed by atoms with Gasteiger partial charge in [0.15, 0.2) is 0 Å². The first-order chi connectivity index (χ1) is 6.79. The standard InChI is InChI=1S/C11H16O.CH2.FH.Ti/c1-8-5-9(11(2,3)4)7-10(12)6-8;;;/h5-7,12H,1-4H3;1H2;1H;/q;;;+2/p-2. The fourth-order valence-corrected chi connectivity index (χ4v) is 1.95. The summed E-state index contributed by atoms with van der Waals surface area (Å²) in [7, 11) is 0. The topological polar surface area (TPSA) is 9.23 Å². The summed E-state index contributed by atoms with van der Waals surface area (Å²) >= 11 is -2.99. The molecule has 0 bridgehead atoms. The fourth-order valence-electron chi connectivity index (χ4n) is 1.37. The van der Waals surface area contributed by atoms with Gasteiger partial charge in [-0.05, 0) is 0 Å². The Morgan fingerprint density at radius 2 is 1.87 bits per heavy atom. The molecule has 1 aromatic rings. The maximum absolute atomic E-state index is 12.8. The zero-order valence-corrected chi connectivity index (χ0v) is 11.3. The van der Waals surface area contributed by atoms with Crippen LogP contribution in [0, 0.1) is 6.92 Å². The predicted octanol–water partition coefficient (Wildman–Crippen LogP) is 3.52. The third kappa shape index (κ3) is 3.88. The molecule has 0 saturated carbocycles. The Hall–Kier alpha value is -0.466. The van der Waals surface area contributed by atoms with E-state index >= 15 is 0 Å². The Kier molecular flexibility index (Phi) is 3.85. The molecule has 0 aliphatic rings. The second-order valence-electron chi connectivity index (χ2n) is 4.74. The van der Waals surface area contributed by atoms with Gasteiger partial charge in [0.25, 0.3) is 0 Å². The van der Waals surface area contributed by atoms with Gasteiger partial charge in [0.1, 0.15) is 0 Å². The minimum absolute atomic E-state index is 0.0573. The molecule has 0 fully saturated rings. The van der Waals surface area contributed by atoms with Crippen LogP contribution < -0.4 is 3.32 Å². The summed E-state index contributed by atoms with van der Waals surface area (Å²) < 4.78 is 17.9. The van der Waals surface area contributed by atoms with Crippen LogP contribution in [-0.2, 0) is 23.7 Å². The van der Waals surface area contributed by atoms with Crippen molar-refractivity contribution < 1.29 is 24.7 Å². The average Bonchev–Trinajstić information content (AvgIpc) is 1.99. The summed E-state index contributed by atoms with van der Waals surface area (Å²) in [6.45, 7) is 8.37. The molecule has 0 saturated heterocycles. The van der Waals surface area contributed by atoms with Crippen molar-refractivity contribution >= 4 is 4.82 Å². The monoisotopic (exact) mass is 244 g/mol. The molecule has 0 aromatic heterocycles. The van der Waals surface area contributed by atoms with Gasteiger partial charge in [-0.1, -0.05) is 0 Å². The summed E-state index contributed by atoms with van der Waals surface area (Å²) in [6, 6.07) is 5.87. The van der Waals surface area contributed by atoms with Crippen molar-refractivity contribution in [2.45, 2.75) is 33.1 Å². The van der Waals surface area contributed by atoms with Crippen LogP contribution in [0.2, 0.25) is 0 Å². The number of aryl methyl sites for hydroxylation is 1. The van der Waals surface area contributed by atoms with Crippen LogP contribution in [0.1, 0.15) is 31.9 Å². The molecule has 0 spiro atoms. The van der Waals surface area contributed by atoms with Crippen LogP contribution >= 0.6 is 0 Å². The Morgan fingerprint density at radius 3 is 2.33 bits per heavy atom. The SMILES string of the molecule is [CH2]=[Ti]([F])[O]c1cc(C)cc(C(C)(C)C)c1. The van der Waals surface area contributed by atoms with E-state index in [1.165, 1.54) is 0 Å². The van der Waals surface area contributed by atoms with Gasteiger partial charge in [-0.15, -0.1) is 0 Å². The zero-order chi connectivity index (χ0) is 11.6. The van der Waals surface area contributed by atoms with Gasteiger partial charge < -0.3 is 0 Å². The van der Waals surface area contributed by atoms with Crippen molar-refractivity contribution in [3.63, 3.8) is 0 Å². The van der Waals surface area contributed by atoms with Crippen molar-refractivity contribution in [3.05, 3.63) is 29.3 Å². The number of hydrogen-bond donors (Lipinski definition) is 0. The normalized spacial score (nSPS) is 11.3. The van der Waals surface area contributed by atoms with E-state index in [0.29, 0.717) is 5.75 Å². The van der Waals surface area contributed by atoms with E-state index < -0.39 is 18.3 Å². The molecule has 0 heterocycles. The number of benzene rings is 1. The second kappa shape index (κ2) is 4.59. The van der Waals surface area contributed by atoms with Crippen LogP contribution in [0.15, 0.2) is 18.2 Å². The van der Waals surface area contributed by atoms with E-state index in [1.807, 2.05) is 19.1 Å². The van der Waals surface area contributed by atoms with Gasteiger partial charge in [0, 0.05) is 0 Å². The van der Waals surface area contributed by atoms with Gasteiger partial charge in [-0.2, -0.15) is 0 Å². The van der Waals surface area contributed by atoms with Crippen LogP contribution in [0.4, 0.5) is 3.09 Å². The summed E-state index contributed by atoms with van der Waals surface area (Å²) in [6.07, 6.45) is 0. The van der Waals surface area contributed by atoms with Crippen molar-refractivity contribution in [1.29, 1.82) is 0 Å². The van der Waals surface area contributed by atoms with Crippen LogP contribution in [0.5, 0.6) is 5.75 Å². The molecule has 0 aliphatic heterocycles. The molecule has 82 valence electrons. The van der Waals surface area contributed by atoms with Gasteiger partial charge in [0.2, 0.25) is 0 Å². The van der Waals surface area contributed by atoms with Crippen molar-refractivity contribution in [2.24, 2.45) is 0 Å². The van der Waals surface area contributed by atoms with Crippen LogP contribution in [-0.4, -0.2) is 4.82 Å². The second-order valence-corrected chi connectivity index (χ2v) is 6.17. The third-order valence-electron chi connectivity index (χ3n) is 2.15. The summed E-state index contributed by atoms with van der Waals surface area (Å²) in [5, 5.41) is 0. The van der Waals surface area contributed by atoms with Crippen LogP contribution in [0.3, 0.4) is 0 Å². The number of hydrogen-bond acceptors (Lipinski definition) is 1. The third-order valence-corrected chi connectivity index (χ3v) is 2.86. The molecule has 0 amide bonds. The van der Waals surface area contributed by atoms with E-state index in [1.54, 1.807) is 0 Å². The van der Waals surface area contributed by atoms with Crippen molar-refractivity contribution in [1.82, 2.24) is 0 Å². The Morgan fingerprint density at radius 1 is 1.27 bits per heavy atom. The van der Waals surface area contributed by atoms with Gasteiger partial charge in [-0.3, -0.25) is 0 Å². The number of halogens is 1. The zero-order valence-electron chi connectivity index (χ0n) is 9.73. The molecule has 0 atom stereocenters. The molecule has 1 nitrogen and oxygen atoms in total. The molecule has 0 aliphatic carbocycles. The quantitative estimate of drug-likeness (QED) is 0.723. The van der Waals surface area contributed by atoms with Crippen LogP contribution in [0.25, 0.3) is 0 Å². The van der Waals surface area contributed by atoms with E-state index in [2.05, 4.69) is 31.7 Å². The van der Waals surface area contributed by atoms with Gasteiger partial charge in [-0.25, -0.2) is 0 Å². The molecule has 1 aromatic carbocycles. The Bertz CT molecular complexity index is 380. The van der Waals surface area contributed by atoms with E-state index in [9.17, 15) is 3.09 Å². The minimum atomic E-state index is -2.99. The molecule has 0 N–H and O–H groups in total. The number of rotatable bonds is 2. The Labute approximate surface area is 97.8 Å². The molecule has 3 heteroatoms. The summed E-state index contributed by atoms with van der Waals surface area (Å²) in [4.78, 5) is 3.33.